The van der Waals surface area contributed by atoms with Gasteiger partial charge in [-0.1, -0.05) is 48.0 Å². The van der Waals surface area contributed by atoms with Crippen LogP contribution in [-0.4, -0.2) is 15.6 Å². The predicted octanol–water partition coefficient (Wildman–Crippen LogP) is 6.20. The second kappa shape index (κ2) is 9.94. The molecule has 0 fully saturated rings. The normalized spacial score (nSPS) is 10.8. The molecule has 0 atom stereocenters. The molecule has 4 aromatic rings. The number of rotatable bonds is 8. The van der Waals surface area contributed by atoms with Gasteiger partial charge in [0.15, 0.2) is 5.78 Å². The largest absolute Gasteiger partial charge is 0.350 e. The molecule has 0 aliphatic rings. The Labute approximate surface area is 195 Å². The Bertz CT molecular complexity index is 1280. The van der Waals surface area contributed by atoms with E-state index in [-0.39, 0.29) is 23.5 Å². The Morgan fingerprint density at radius 3 is 2.62 bits per heavy atom. The number of nitrogens with zero attached hydrogens (tertiary/aromatic N) is 2. The standard InChI is InChI=1S/C25H22ClN3O2S/c1-2-29-25(31)24(27-20-10-6-9-19(26)15-20)22(21(30)12-11-17-13-14-32-16-17)23(28-29)18-7-4-3-5-8-18/h3-10,13-16,27H,2,11-12H2,1H3. The summed E-state index contributed by atoms with van der Waals surface area (Å²) in [6.07, 6.45) is 0.877. The van der Waals surface area contributed by atoms with Crippen molar-refractivity contribution in [3.05, 3.63) is 97.9 Å². The molecule has 0 spiro atoms. The lowest BCUT2D eigenvalue weighted by molar-refractivity contribution is 0.0983. The Balaban J connectivity index is 1.86. The van der Waals surface area contributed by atoms with Gasteiger partial charge in [-0.05, 0) is 53.9 Å². The maximum Gasteiger partial charge on any atom is 0.291 e. The molecule has 0 saturated heterocycles. The molecule has 162 valence electrons. The van der Waals surface area contributed by atoms with Crippen LogP contribution in [0.15, 0.2) is 76.2 Å². The lowest BCUT2D eigenvalue weighted by Crippen LogP contribution is -2.28. The first-order valence-electron chi connectivity index (χ1n) is 10.3. The third-order valence-corrected chi connectivity index (χ3v) is 6.06. The van der Waals surface area contributed by atoms with Crippen LogP contribution in [0.1, 0.15) is 29.3 Å². The quantitative estimate of drug-likeness (QED) is 0.316. The van der Waals surface area contributed by atoms with E-state index in [2.05, 4.69) is 10.4 Å². The topological polar surface area (TPSA) is 64.0 Å². The van der Waals surface area contributed by atoms with E-state index in [1.54, 1.807) is 29.5 Å². The molecule has 1 N–H and O–H groups in total. The summed E-state index contributed by atoms with van der Waals surface area (Å²) in [6.45, 7) is 2.23. The molecule has 2 aromatic carbocycles. The highest BCUT2D eigenvalue weighted by molar-refractivity contribution is 7.07. The van der Waals surface area contributed by atoms with Crippen molar-refractivity contribution in [2.24, 2.45) is 0 Å². The fraction of sp³-hybridized carbons (Fsp3) is 0.160. The maximum absolute atomic E-state index is 13.5. The number of ketones is 1. The average molecular weight is 464 g/mol. The highest BCUT2D eigenvalue weighted by Gasteiger charge is 2.24. The molecule has 0 unspecified atom stereocenters. The van der Waals surface area contributed by atoms with E-state index in [1.807, 2.05) is 60.1 Å². The van der Waals surface area contributed by atoms with Crippen LogP contribution in [-0.2, 0) is 13.0 Å². The zero-order chi connectivity index (χ0) is 22.5. The van der Waals surface area contributed by atoms with E-state index in [0.717, 1.165) is 11.1 Å². The molecular formula is C25H22ClN3O2S. The highest BCUT2D eigenvalue weighted by Crippen LogP contribution is 2.29. The highest BCUT2D eigenvalue weighted by atomic mass is 35.5. The predicted molar refractivity (Wildman–Crippen MR) is 131 cm³/mol. The van der Waals surface area contributed by atoms with Gasteiger partial charge in [-0.2, -0.15) is 16.4 Å². The number of hydrogen-bond donors (Lipinski definition) is 1. The zero-order valence-electron chi connectivity index (χ0n) is 17.5. The van der Waals surface area contributed by atoms with Crippen LogP contribution in [0.3, 0.4) is 0 Å². The number of aryl methyl sites for hydroxylation is 2. The van der Waals surface area contributed by atoms with Crippen molar-refractivity contribution < 1.29 is 4.79 Å². The molecule has 2 heterocycles. The third-order valence-electron chi connectivity index (χ3n) is 5.10. The molecule has 0 bridgehead atoms. The number of aromatic nitrogens is 2. The maximum atomic E-state index is 13.5. The number of thiophene rings is 1. The Hall–Kier alpha value is -3.22. The van der Waals surface area contributed by atoms with E-state index >= 15 is 0 Å². The molecule has 0 aliphatic carbocycles. The molecule has 0 radical (unpaired) electrons. The van der Waals surface area contributed by atoms with Gasteiger partial charge in [0.1, 0.15) is 11.4 Å². The number of hydrogen-bond acceptors (Lipinski definition) is 5. The molecule has 0 saturated carbocycles. The van der Waals surface area contributed by atoms with E-state index in [9.17, 15) is 9.59 Å². The molecule has 0 amide bonds. The van der Waals surface area contributed by atoms with Gasteiger partial charge in [0, 0.05) is 29.2 Å². The van der Waals surface area contributed by atoms with E-state index in [1.165, 1.54) is 4.68 Å². The summed E-state index contributed by atoms with van der Waals surface area (Å²) in [7, 11) is 0. The van der Waals surface area contributed by atoms with E-state index < -0.39 is 0 Å². The summed E-state index contributed by atoms with van der Waals surface area (Å²) in [6, 6.07) is 18.6. The lowest BCUT2D eigenvalue weighted by Gasteiger charge is -2.17. The van der Waals surface area contributed by atoms with Gasteiger partial charge >= 0.3 is 0 Å². The molecular weight excluding hydrogens is 442 g/mol. The smallest absolute Gasteiger partial charge is 0.291 e. The molecule has 2 aromatic heterocycles. The average Bonchev–Trinajstić information content (AvgIpc) is 3.33. The fourth-order valence-corrected chi connectivity index (χ4v) is 4.39. The zero-order valence-corrected chi connectivity index (χ0v) is 19.1. The first-order chi connectivity index (χ1) is 15.6. The summed E-state index contributed by atoms with van der Waals surface area (Å²) in [4.78, 5) is 26.8. The number of carbonyl (C=O) groups excluding carboxylic acids is 1. The molecule has 7 heteroatoms. The van der Waals surface area contributed by atoms with Crippen LogP contribution in [0, 0.1) is 0 Å². The molecule has 32 heavy (non-hydrogen) atoms. The third kappa shape index (κ3) is 4.82. The van der Waals surface area contributed by atoms with Gasteiger partial charge < -0.3 is 5.32 Å². The van der Waals surface area contributed by atoms with Gasteiger partial charge in [0.05, 0.1) is 5.56 Å². The van der Waals surface area contributed by atoms with Crippen LogP contribution in [0.2, 0.25) is 5.02 Å². The lowest BCUT2D eigenvalue weighted by atomic mass is 9.98. The Kier molecular flexibility index (Phi) is 6.83. The summed E-state index contributed by atoms with van der Waals surface area (Å²) >= 11 is 7.74. The van der Waals surface area contributed by atoms with Crippen LogP contribution in [0.5, 0.6) is 0 Å². The van der Waals surface area contributed by atoms with Crippen LogP contribution < -0.4 is 10.9 Å². The number of nitrogens with one attached hydrogen (secondary N) is 1. The number of anilines is 2. The van der Waals surface area contributed by atoms with Crippen molar-refractivity contribution in [2.45, 2.75) is 26.3 Å². The van der Waals surface area contributed by atoms with Gasteiger partial charge in [0.25, 0.3) is 5.56 Å². The minimum Gasteiger partial charge on any atom is -0.350 e. The number of halogens is 1. The molecule has 0 aliphatic heterocycles. The van der Waals surface area contributed by atoms with Gasteiger partial charge in [0.2, 0.25) is 0 Å². The van der Waals surface area contributed by atoms with Crippen LogP contribution >= 0.6 is 22.9 Å². The number of carbonyl (C=O) groups is 1. The van der Waals surface area contributed by atoms with Gasteiger partial charge in [-0.3, -0.25) is 9.59 Å². The van der Waals surface area contributed by atoms with Crippen molar-refractivity contribution in [3.63, 3.8) is 0 Å². The second-order valence-electron chi connectivity index (χ2n) is 7.28. The SMILES string of the molecule is CCn1nc(-c2ccccc2)c(C(=O)CCc2ccsc2)c(Nc2cccc(Cl)c2)c1=O. The fourth-order valence-electron chi connectivity index (χ4n) is 3.50. The van der Waals surface area contributed by atoms with Gasteiger partial charge in [-0.25, -0.2) is 4.68 Å². The van der Waals surface area contributed by atoms with E-state index in [4.69, 9.17) is 11.6 Å². The van der Waals surface area contributed by atoms with Crippen molar-refractivity contribution in [3.8, 4) is 11.3 Å². The Morgan fingerprint density at radius 2 is 1.94 bits per heavy atom. The molecule has 4 rings (SSSR count). The second-order valence-corrected chi connectivity index (χ2v) is 8.49. The minimum absolute atomic E-state index is 0.132. The van der Waals surface area contributed by atoms with Crippen LogP contribution in [0.25, 0.3) is 11.3 Å². The number of benzene rings is 2. The van der Waals surface area contributed by atoms with Crippen LogP contribution in [0.4, 0.5) is 11.4 Å². The van der Waals surface area contributed by atoms with Crippen molar-refractivity contribution >= 4 is 40.1 Å². The summed E-state index contributed by atoms with van der Waals surface area (Å²) in [5.41, 5.74) is 3.19. The van der Waals surface area contributed by atoms with Gasteiger partial charge in [-0.15, -0.1) is 0 Å². The van der Waals surface area contributed by atoms with E-state index in [0.29, 0.717) is 34.9 Å². The number of Topliss-reactive ketones (excluding diaryl/α,β-unsaturated/α-hetero) is 1. The van der Waals surface area contributed by atoms with Crippen molar-refractivity contribution in [1.29, 1.82) is 0 Å². The summed E-state index contributed by atoms with van der Waals surface area (Å²) in [5.74, 6) is -0.132. The first kappa shape index (κ1) is 22.0. The molecule has 5 nitrogen and oxygen atoms in total. The van der Waals surface area contributed by atoms with Crippen molar-refractivity contribution in [1.82, 2.24) is 9.78 Å². The Morgan fingerprint density at radius 1 is 1.12 bits per heavy atom. The monoisotopic (exact) mass is 463 g/mol. The summed E-state index contributed by atoms with van der Waals surface area (Å²) < 4.78 is 1.38. The van der Waals surface area contributed by atoms with Crippen molar-refractivity contribution in [2.75, 3.05) is 5.32 Å². The first-order valence-corrected chi connectivity index (χ1v) is 11.7. The minimum atomic E-state index is -0.342. The summed E-state index contributed by atoms with van der Waals surface area (Å²) in [5, 5.41) is 12.3.